The molecule has 2 atom stereocenters. The van der Waals surface area contributed by atoms with Gasteiger partial charge < -0.3 is 30.9 Å². The molecule has 5 rings (SSSR count). The average molecular weight is 682 g/mol. The van der Waals surface area contributed by atoms with Gasteiger partial charge >= 0.3 is 5.97 Å². The van der Waals surface area contributed by atoms with Crippen LogP contribution >= 0.6 is 0 Å². The van der Waals surface area contributed by atoms with Gasteiger partial charge in [-0.2, -0.15) is 4.72 Å². The van der Waals surface area contributed by atoms with Crippen molar-refractivity contribution in [3.05, 3.63) is 62.9 Å². The highest BCUT2D eigenvalue weighted by atomic mass is 32.2. The lowest BCUT2D eigenvalue weighted by molar-refractivity contribution is -0.136. The number of rotatable bonds is 14. The first-order valence-electron chi connectivity index (χ1n) is 15.8. The first-order valence-corrected chi connectivity index (χ1v) is 17.2. The number of nitrogens with two attached hydrogens (primary N) is 1. The van der Waals surface area contributed by atoms with E-state index in [2.05, 4.69) is 15.4 Å². The summed E-state index contributed by atoms with van der Waals surface area (Å²) >= 11 is 0. The Kier molecular flexibility index (Phi) is 10.4. The van der Waals surface area contributed by atoms with Gasteiger partial charge in [-0.1, -0.05) is 30.3 Å². The Balaban J connectivity index is 1.32. The standard InChI is InChI=1S/C32H39N7O8S/c1-19(40)47-30-27(28(42)29(30)43)35-12-14-39(23-9-10-23)31(44)25(16-26(41)36-17-20-5-4-13-38(18-20)32(33)34)37-48(45,46)24-11-8-21-6-2-3-7-22(21)15-24/h2-3,6-8,11,15,20,23,25,35,37H,4-5,9-10,12-14,16-18H2,1H3,(H3,33,34)(H,36,41)/t20?,25-/m0/s1. The van der Waals surface area contributed by atoms with Crippen LogP contribution in [0.1, 0.15) is 39.0 Å². The maximum absolute atomic E-state index is 14.0. The number of piperidine rings is 1. The number of amides is 2. The van der Waals surface area contributed by atoms with E-state index in [0.717, 1.165) is 25.2 Å². The van der Waals surface area contributed by atoms with Crippen molar-refractivity contribution in [1.29, 1.82) is 5.41 Å². The van der Waals surface area contributed by atoms with Crippen LogP contribution in [0.25, 0.3) is 10.8 Å². The molecular weight excluding hydrogens is 642 g/mol. The molecule has 2 fully saturated rings. The van der Waals surface area contributed by atoms with Gasteiger partial charge in [0.2, 0.25) is 27.6 Å². The highest BCUT2D eigenvalue weighted by Gasteiger charge is 2.38. The molecule has 3 aromatic rings. The second-order valence-electron chi connectivity index (χ2n) is 12.2. The Bertz CT molecular complexity index is 1900. The molecular formula is C32H39N7O8S. The Hall–Kier alpha value is -4.83. The highest BCUT2D eigenvalue weighted by molar-refractivity contribution is 7.89. The zero-order chi connectivity index (χ0) is 34.6. The first-order chi connectivity index (χ1) is 22.8. The monoisotopic (exact) mass is 681 g/mol. The van der Waals surface area contributed by atoms with Gasteiger partial charge in [0.15, 0.2) is 5.96 Å². The third-order valence-electron chi connectivity index (χ3n) is 8.50. The van der Waals surface area contributed by atoms with E-state index in [1.165, 1.54) is 17.0 Å². The second-order valence-corrected chi connectivity index (χ2v) is 13.9. The molecule has 0 aromatic heterocycles. The zero-order valence-corrected chi connectivity index (χ0v) is 27.3. The second kappa shape index (κ2) is 14.5. The van der Waals surface area contributed by atoms with Crippen molar-refractivity contribution in [3.8, 4) is 5.75 Å². The van der Waals surface area contributed by atoms with E-state index in [9.17, 15) is 32.4 Å². The fourth-order valence-electron chi connectivity index (χ4n) is 5.87. The molecule has 0 radical (unpaired) electrons. The number of anilines is 1. The van der Waals surface area contributed by atoms with Crippen molar-refractivity contribution in [2.75, 3.05) is 38.0 Å². The lowest BCUT2D eigenvalue weighted by atomic mass is 9.98. The number of sulfonamides is 1. The highest BCUT2D eigenvalue weighted by Crippen LogP contribution is 2.28. The van der Waals surface area contributed by atoms with E-state index in [-0.39, 0.29) is 53.9 Å². The number of nitrogens with one attached hydrogen (secondary N) is 4. The Morgan fingerprint density at radius 3 is 2.50 bits per heavy atom. The van der Waals surface area contributed by atoms with E-state index < -0.39 is 51.1 Å². The minimum Gasteiger partial charge on any atom is -0.420 e. The maximum atomic E-state index is 14.0. The summed E-state index contributed by atoms with van der Waals surface area (Å²) in [6, 6.07) is 10.2. The molecule has 0 bridgehead atoms. The van der Waals surface area contributed by atoms with Crippen molar-refractivity contribution in [2.24, 2.45) is 11.7 Å². The van der Waals surface area contributed by atoms with Gasteiger partial charge in [0.05, 0.1) is 11.3 Å². The number of fused-ring (bicyclic) bond motifs is 1. The van der Waals surface area contributed by atoms with Crippen molar-refractivity contribution in [3.63, 3.8) is 0 Å². The van der Waals surface area contributed by atoms with Crippen LogP contribution in [0.15, 0.2) is 56.9 Å². The van der Waals surface area contributed by atoms with E-state index >= 15 is 0 Å². The van der Waals surface area contributed by atoms with Crippen molar-refractivity contribution >= 4 is 50.2 Å². The van der Waals surface area contributed by atoms with E-state index in [4.69, 9.17) is 15.9 Å². The maximum Gasteiger partial charge on any atom is 0.308 e. The first kappa shape index (κ1) is 34.5. The van der Waals surface area contributed by atoms with Crippen LogP contribution in [-0.4, -0.2) is 86.8 Å². The quantitative estimate of drug-likeness (QED) is 0.0670. The number of carbonyl (C=O) groups is 3. The van der Waals surface area contributed by atoms with Gasteiger partial charge in [0.25, 0.3) is 10.9 Å². The third-order valence-corrected chi connectivity index (χ3v) is 9.97. The summed E-state index contributed by atoms with van der Waals surface area (Å²) in [6.07, 6.45) is 2.47. The Morgan fingerprint density at radius 2 is 1.81 bits per heavy atom. The summed E-state index contributed by atoms with van der Waals surface area (Å²) in [5.41, 5.74) is 3.69. The molecule has 1 heterocycles. The number of nitrogens with zero attached hydrogens (tertiary/aromatic N) is 2. The van der Waals surface area contributed by atoms with Crippen LogP contribution in [0, 0.1) is 11.3 Å². The van der Waals surface area contributed by atoms with Crippen LogP contribution in [-0.2, 0) is 24.4 Å². The van der Waals surface area contributed by atoms with Crippen LogP contribution in [0.5, 0.6) is 5.75 Å². The average Bonchev–Trinajstić information content (AvgIpc) is 3.91. The molecule has 1 unspecified atom stereocenters. The van der Waals surface area contributed by atoms with Gasteiger partial charge in [0, 0.05) is 45.7 Å². The smallest absolute Gasteiger partial charge is 0.308 e. The molecule has 256 valence electrons. The normalized spacial score (nSPS) is 17.1. The number of ether oxygens (including phenoxy) is 1. The Morgan fingerprint density at radius 1 is 1.08 bits per heavy atom. The van der Waals surface area contributed by atoms with Crippen LogP contribution < -0.4 is 36.7 Å². The number of carbonyl (C=O) groups excluding carboxylic acids is 3. The van der Waals surface area contributed by atoms with Crippen molar-refractivity contribution in [2.45, 2.75) is 56.0 Å². The lowest BCUT2D eigenvalue weighted by Gasteiger charge is -2.33. The lowest BCUT2D eigenvalue weighted by Crippen LogP contribution is -2.52. The minimum atomic E-state index is -4.27. The number of guanidine groups is 1. The molecule has 3 aromatic carbocycles. The fourth-order valence-corrected chi connectivity index (χ4v) is 7.09. The number of hydrogen-bond acceptors (Lipinski definition) is 10. The summed E-state index contributed by atoms with van der Waals surface area (Å²) in [6.45, 7) is 2.53. The molecule has 0 spiro atoms. The van der Waals surface area contributed by atoms with Crippen molar-refractivity contribution in [1.82, 2.24) is 19.8 Å². The topological polar surface area (TPSA) is 221 Å². The molecule has 6 N–H and O–H groups in total. The molecule has 1 saturated heterocycles. The van der Waals surface area contributed by atoms with E-state index in [0.29, 0.717) is 31.3 Å². The summed E-state index contributed by atoms with van der Waals surface area (Å²) < 4.78 is 34.6. The molecule has 1 aliphatic carbocycles. The van der Waals surface area contributed by atoms with Crippen molar-refractivity contribution < 1.29 is 27.5 Å². The molecule has 16 heteroatoms. The summed E-state index contributed by atoms with van der Waals surface area (Å²) in [5.74, 6) is -2.32. The molecule has 2 amide bonds. The number of likely N-dealkylation sites (tertiary alicyclic amines) is 1. The minimum absolute atomic E-state index is 0.00791. The predicted molar refractivity (Wildman–Crippen MR) is 178 cm³/mol. The van der Waals surface area contributed by atoms with Crippen LogP contribution in [0.3, 0.4) is 0 Å². The summed E-state index contributed by atoms with van der Waals surface area (Å²) in [7, 11) is -4.27. The molecule has 2 aliphatic rings. The summed E-state index contributed by atoms with van der Waals surface area (Å²) in [5, 5.41) is 14.8. The van der Waals surface area contributed by atoms with Gasteiger partial charge in [-0.15, -0.1) is 0 Å². The molecule has 1 saturated carbocycles. The molecule has 1 aliphatic heterocycles. The van der Waals surface area contributed by atoms with Gasteiger partial charge in [-0.25, -0.2) is 8.42 Å². The third kappa shape index (κ3) is 8.17. The zero-order valence-electron chi connectivity index (χ0n) is 26.5. The molecule has 15 nitrogen and oxygen atoms in total. The van der Waals surface area contributed by atoms with E-state index in [1.54, 1.807) is 23.1 Å². The van der Waals surface area contributed by atoms with Crippen LogP contribution in [0.2, 0.25) is 0 Å². The predicted octanol–water partition coefficient (Wildman–Crippen LogP) is 0.223. The van der Waals surface area contributed by atoms with Gasteiger partial charge in [-0.3, -0.25) is 29.4 Å². The largest absolute Gasteiger partial charge is 0.420 e. The number of benzene rings is 2. The Labute approximate surface area is 277 Å². The fraction of sp³-hybridized carbons (Fsp3) is 0.438. The SMILES string of the molecule is CC(=O)Oc1c(NCCN(C(=O)[C@H](CC(=O)NCC2CCCN(C(=N)N)C2)NS(=O)(=O)c2ccc3ccccc3c2)C2CC2)c(=O)c1=O. The number of hydrogen-bond donors (Lipinski definition) is 5. The van der Waals surface area contributed by atoms with E-state index in [1.807, 2.05) is 12.1 Å². The van der Waals surface area contributed by atoms with Crippen LogP contribution in [0.4, 0.5) is 5.69 Å². The molecule has 48 heavy (non-hydrogen) atoms. The summed E-state index contributed by atoms with van der Waals surface area (Å²) in [4.78, 5) is 65.6. The number of esters is 1. The van der Waals surface area contributed by atoms with Gasteiger partial charge in [0.1, 0.15) is 11.7 Å². The van der Waals surface area contributed by atoms with Gasteiger partial charge in [-0.05, 0) is 54.5 Å².